The summed E-state index contributed by atoms with van der Waals surface area (Å²) in [6, 6.07) is 11.8. The number of benzene rings is 1. The van der Waals surface area contributed by atoms with E-state index in [4.69, 9.17) is 4.74 Å². The summed E-state index contributed by atoms with van der Waals surface area (Å²) in [5, 5.41) is 3.36. The van der Waals surface area contributed by atoms with Crippen molar-refractivity contribution in [3.8, 4) is 5.75 Å². The second-order valence-electron chi connectivity index (χ2n) is 4.40. The standard InChI is InChI=1S/C15H14BrN3O/c1-20-12-5-6-13(16)14(8-12)17-9-11-10-19-7-3-2-4-15(19)18-11/h2-8,10,17H,9H2,1H3. The smallest absolute Gasteiger partial charge is 0.137 e. The number of anilines is 1. The van der Waals surface area contributed by atoms with Crippen LogP contribution in [0.25, 0.3) is 5.65 Å². The lowest BCUT2D eigenvalue weighted by atomic mass is 10.3. The molecule has 3 rings (SSSR count). The van der Waals surface area contributed by atoms with Crippen LogP contribution in [0.4, 0.5) is 5.69 Å². The molecular formula is C15H14BrN3O. The van der Waals surface area contributed by atoms with Crippen LogP contribution in [0.5, 0.6) is 5.75 Å². The van der Waals surface area contributed by atoms with E-state index in [-0.39, 0.29) is 0 Å². The van der Waals surface area contributed by atoms with Gasteiger partial charge in [-0.1, -0.05) is 6.07 Å². The van der Waals surface area contributed by atoms with Gasteiger partial charge in [0, 0.05) is 22.9 Å². The Balaban J connectivity index is 1.79. The average Bonchev–Trinajstić information content (AvgIpc) is 2.89. The molecule has 0 saturated carbocycles. The van der Waals surface area contributed by atoms with E-state index in [0.29, 0.717) is 6.54 Å². The van der Waals surface area contributed by atoms with Crippen molar-refractivity contribution in [1.29, 1.82) is 0 Å². The fourth-order valence-electron chi connectivity index (χ4n) is 2.02. The van der Waals surface area contributed by atoms with Crippen LogP contribution in [0.3, 0.4) is 0 Å². The third-order valence-corrected chi connectivity index (χ3v) is 3.74. The molecule has 0 aliphatic carbocycles. The molecule has 0 fully saturated rings. The normalized spacial score (nSPS) is 10.7. The summed E-state index contributed by atoms with van der Waals surface area (Å²) >= 11 is 3.52. The molecule has 0 atom stereocenters. The van der Waals surface area contributed by atoms with Gasteiger partial charge in [0.15, 0.2) is 0 Å². The first kappa shape index (κ1) is 13.0. The molecule has 0 aliphatic heterocycles. The highest BCUT2D eigenvalue weighted by molar-refractivity contribution is 9.10. The second kappa shape index (κ2) is 5.54. The molecule has 0 amide bonds. The quantitative estimate of drug-likeness (QED) is 0.791. The number of hydrogen-bond donors (Lipinski definition) is 1. The lowest BCUT2D eigenvalue weighted by Crippen LogP contribution is -2.00. The van der Waals surface area contributed by atoms with Crippen molar-refractivity contribution in [3.63, 3.8) is 0 Å². The van der Waals surface area contributed by atoms with Crippen molar-refractivity contribution < 1.29 is 4.74 Å². The predicted molar refractivity (Wildman–Crippen MR) is 83.2 cm³/mol. The fourth-order valence-corrected chi connectivity index (χ4v) is 2.41. The molecule has 20 heavy (non-hydrogen) atoms. The summed E-state index contributed by atoms with van der Waals surface area (Å²) in [6.45, 7) is 0.660. The highest BCUT2D eigenvalue weighted by atomic mass is 79.9. The Morgan fingerprint density at radius 3 is 3.00 bits per heavy atom. The highest BCUT2D eigenvalue weighted by Gasteiger charge is 2.04. The minimum Gasteiger partial charge on any atom is -0.497 e. The average molecular weight is 332 g/mol. The monoisotopic (exact) mass is 331 g/mol. The molecule has 0 radical (unpaired) electrons. The van der Waals surface area contributed by atoms with Gasteiger partial charge in [-0.2, -0.15) is 0 Å². The van der Waals surface area contributed by atoms with Gasteiger partial charge in [-0.25, -0.2) is 4.98 Å². The number of nitrogens with zero attached hydrogens (tertiary/aromatic N) is 2. The van der Waals surface area contributed by atoms with Crippen LogP contribution in [0.2, 0.25) is 0 Å². The predicted octanol–water partition coefficient (Wildman–Crippen LogP) is 3.72. The first-order chi connectivity index (χ1) is 9.76. The molecule has 0 unspecified atom stereocenters. The van der Waals surface area contributed by atoms with Crippen molar-refractivity contribution in [2.45, 2.75) is 6.54 Å². The van der Waals surface area contributed by atoms with Crippen molar-refractivity contribution >= 4 is 27.3 Å². The van der Waals surface area contributed by atoms with E-state index in [0.717, 1.165) is 27.3 Å². The van der Waals surface area contributed by atoms with Gasteiger partial charge in [0.1, 0.15) is 11.4 Å². The summed E-state index contributed by atoms with van der Waals surface area (Å²) in [5.74, 6) is 0.825. The topological polar surface area (TPSA) is 38.6 Å². The fraction of sp³-hybridized carbons (Fsp3) is 0.133. The molecule has 0 bridgehead atoms. The zero-order valence-electron chi connectivity index (χ0n) is 11.0. The number of fused-ring (bicyclic) bond motifs is 1. The van der Waals surface area contributed by atoms with E-state index in [1.807, 2.05) is 53.2 Å². The van der Waals surface area contributed by atoms with Gasteiger partial charge in [0.25, 0.3) is 0 Å². The van der Waals surface area contributed by atoms with Gasteiger partial charge in [-0.05, 0) is 40.2 Å². The minimum absolute atomic E-state index is 0.660. The Bertz CT molecular complexity index is 706. The Morgan fingerprint density at radius 2 is 2.20 bits per heavy atom. The van der Waals surface area contributed by atoms with Gasteiger partial charge >= 0.3 is 0 Å². The third kappa shape index (κ3) is 2.63. The van der Waals surface area contributed by atoms with Crippen molar-refractivity contribution in [3.05, 3.63) is 59.0 Å². The maximum Gasteiger partial charge on any atom is 0.137 e. The molecule has 4 nitrogen and oxygen atoms in total. The van der Waals surface area contributed by atoms with Gasteiger partial charge in [-0.15, -0.1) is 0 Å². The largest absolute Gasteiger partial charge is 0.497 e. The van der Waals surface area contributed by atoms with Crippen LogP contribution in [-0.4, -0.2) is 16.5 Å². The number of pyridine rings is 1. The first-order valence-corrected chi connectivity index (χ1v) is 7.05. The van der Waals surface area contributed by atoms with Gasteiger partial charge in [0.2, 0.25) is 0 Å². The van der Waals surface area contributed by atoms with E-state index < -0.39 is 0 Å². The summed E-state index contributed by atoms with van der Waals surface area (Å²) < 4.78 is 8.24. The highest BCUT2D eigenvalue weighted by Crippen LogP contribution is 2.27. The number of rotatable bonds is 4. The van der Waals surface area contributed by atoms with Crippen LogP contribution >= 0.6 is 15.9 Å². The molecule has 0 spiro atoms. The van der Waals surface area contributed by atoms with Crippen LogP contribution < -0.4 is 10.1 Å². The molecule has 0 saturated heterocycles. The number of imidazole rings is 1. The number of methoxy groups -OCH3 is 1. The molecular weight excluding hydrogens is 318 g/mol. The molecule has 1 N–H and O–H groups in total. The molecule has 1 aromatic carbocycles. The van der Waals surface area contributed by atoms with E-state index in [9.17, 15) is 0 Å². The van der Waals surface area contributed by atoms with Crippen LogP contribution in [0.1, 0.15) is 5.69 Å². The lowest BCUT2D eigenvalue weighted by molar-refractivity contribution is 0.415. The Labute approximate surface area is 125 Å². The van der Waals surface area contributed by atoms with Crippen LogP contribution in [0.15, 0.2) is 53.3 Å². The maximum absolute atomic E-state index is 5.23. The summed E-state index contributed by atoms with van der Waals surface area (Å²) in [5.41, 5.74) is 2.93. The number of hydrogen-bond acceptors (Lipinski definition) is 3. The van der Waals surface area contributed by atoms with Crippen molar-refractivity contribution in [2.24, 2.45) is 0 Å². The third-order valence-electron chi connectivity index (χ3n) is 3.05. The molecule has 2 aromatic heterocycles. The molecule has 0 aliphatic rings. The summed E-state index contributed by atoms with van der Waals surface area (Å²) in [6.07, 6.45) is 4.02. The van der Waals surface area contributed by atoms with Crippen molar-refractivity contribution in [2.75, 3.05) is 12.4 Å². The lowest BCUT2D eigenvalue weighted by Gasteiger charge is -2.09. The van der Waals surface area contributed by atoms with Gasteiger partial charge in [-0.3, -0.25) is 0 Å². The number of ether oxygens (including phenoxy) is 1. The Morgan fingerprint density at radius 1 is 1.30 bits per heavy atom. The van der Waals surface area contributed by atoms with Gasteiger partial charge in [0.05, 0.1) is 25.0 Å². The molecule has 2 heterocycles. The number of aromatic nitrogens is 2. The molecule has 3 aromatic rings. The van der Waals surface area contributed by atoms with Crippen LogP contribution in [0, 0.1) is 0 Å². The summed E-state index contributed by atoms with van der Waals surface area (Å²) in [4.78, 5) is 4.55. The van der Waals surface area contributed by atoms with E-state index >= 15 is 0 Å². The van der Waals surface area contributed by atoms with Crippen LogP contribution in [-0.2, 0) is 6.54 Å². The van der Waals surface area contributed by atoms with Crippen molar-refractivity contribution in [1.82, 2.24) is 9.38 Å². The minimum atomic E-state index is 0.660. The first-order valence-electron chi connectivity index (χ1n) is 6.26. The number of nitrogens with one attached hydrogen (secondary N) is 1. The summed E-state index contributed by atoms with van der Waals surface area (Å²) in [7, 11) is 1.66. The van der Waals surface area contributed by atoms with E-state index in [2.05, 4.69) is 26.2 Å². The zero-order chi connectivity index (χ0) is 13.9. The SMILES string of the molecule is COc1ccc(Br)c(NCc2cn3ccccc3n2)c1. The molecule has 5 heteroatoms. The Hall–Kier alpha value is -2.01. The Kier molecular flexibility index (Phi) is 3.60. The number of halogens is 1. The maximum atomic E-state index is 5.23. The zero-order valence-corrected chi connectivity index (χ0v) is 12.6. The van der Waals surface area contributed by atoms with E-state index in [1.165, 1.54) is 0 Å². The molecule has 102 valence electrons. The van der Waals surface area contributed by atoms with Gasteiger partial charge < -0.3 is 14.5 Å². The van der Waals surface area contributed by atoms with E-state index in [1.54, 1.807) is 7.11 Å². The second-order valence-corrected chi connectivity index (χ2v) is 5.25.